The second-order valence-electron chi connectivity index (χ2n) is 5.26. The largest absolute Gasteiger partial charge is 0.487 e. The first-order valence-corrected chi connectivity index (χ1v) is 7.35. The summed E-state index contributed by atoms with van der Waals surface area (Å²) in [7, 11) is 0. The summed E-state index contributed by atoms with van der Waals surface area (Å²) >= 11 is 0. The molecule has 22 heavy (non-hydrogen) atoms. The van der Waals surface area contributed by atoms with Crippen LogP contribution in [0.3, 0.4) is 0 Å². The zero-order valence-electron chi connectivity index (χ0n) is 12.1. The van der Waals surface area contributed by atoms with Gasteiger partial charge in [-0.25, -0.2) is 4.98 Å². The molecule has 1 heterocycles. The fourth-order valence-corrected chi connectivity index (χ4v) is 2.66. The lowest BCUT2D eigenvalue weighted by molar-refractivity contribution is 0.305. The van der Waals surface area contributed by atoms with E-state index in [1.165, 1.54) is 5.39 Å². The fraction of sp³-hybridized carbons (Fsp3) is 0.0500. The molecular weight excluding hydrogens is 270 g/mol. The third kappa shape index (κ3) is 2.40. The Balaban J connectivity index is 1.63. The number of aromatic nitrogens is 1. The van der Waals surface area contributed by atoms with Crippen molar-refractivity contribution in [2.75, 3.05) is 0 Å². The van der Waals surface area contributed by atoms with Gasteiger partial charge in [0.05, 0.1) is 11.2 Å². The normalized spacial score (nSPS) is 10.9. The number of fused-ring (bicyclic) bond motifs is 2. The first kappa shape index (κ1) is 12.8. The third-order valence-corrected chi connectivity index (χ3v) is 3.78. The minimum Gasteiger partial charge on any atom is -0.487 e. The second kappa shape index (κ2) is 5.49. The fourth-order valence-electron chi connectivity index (χ4n) is 2.66. The van der Waals surface area contributed by atoms with Gasteiger partial charge in [0.1, 0.15) is 12.4 Å². The molecule has 2 nitrogen and oxygen atoms in total. The Morgan fingerprint density at radius 3 is 2.41 bits per heavy atom. The van der Waals surface area contributed by atoms with Gasteiger partial charge in [0.2, 0.25) is 0 Å². The standard InChI is InChI=1S/C20H15NO/c1-3-9-18-15(6-1)8-5-11-20(18)22-14-17-13-12-16-7-2-4-10-19(16)21-17/h1-13H,14H2. The average Bonchev–Trinajstić information content (AvgIpc) is 2.60. The molecule has 1 aromatic heterocycles. The van der Waals surface area contributed by atoms with Crippen LogP contribution in [0.5, 0.6) is 5.75 Å². The minimum atomic E-state index is 0.471. The monoisotopic (exact) mass is 285 g/mol. The van der Waals surface area contributed by atoms with E-state index in [1.54, 1.807) is 0 Å². The molecule has 0 aliphatic heterocycles. The Labute approximate surface area is 129 Å². The number of pyridine rings is 1. The lowest BCUT2D eigenvalue weighted by Crippen LogP contribution is -1.98. The van der Waals surface area contributed by atoms with Crippen molar-refractivity contribution < 1.29 is 4.74 Å². The van der Waals surface area contributed by atoms with Crippen LogP contribution in [0.2, 0.25) is 0 Å². The van der Waals surface area contributed by atoms with Crippen molar-refractivity contribution in [2.45, 2.75) is 6.61 Å². The van der Waals surface area contributed by atoms with Crippen molar-refractivity contribution in [1.29, 1.82) is 0 Å². The smallest absolute Gasteiger partial charge is 0.130 e. The molecule has 2 heteroatoms. The molecule has 0 aliphatic carbocycles. The quantitative estimate of drug-likeness (QED) is 0.530. The summed E-state index contributed by atoms with van der Waals surface area (Å²) in [5, 5.41) is 3.47. The molecule has 4 aromatic rings. The topological polar surface area (TPSA) is 22.1 Å². The molecule has 0 fully saturated rings. The van der Waals surface area contributed by atoms with Crippen molar-refractivity contribution in [3.8, 4) is 5.75 Å². The van der Waals surface area contributed by atoms with Gasteiger partial charge in [-0.05, 0) is 23.6 Å². The van der Waals surface area contributed by atoms with E-state index in [1.807, 2.05) is 48.5 Å². The maximum atomic E-state index is 5.99. The van der Waals surface area contributed by atoms with Crippen molar-refractivity contribution >= 4 is 21.7 Å². The summed E-state index contributed by atoms with van der Waals surface area (Å²) in [6.07, 6.45) is 0. The summed E-state index contributed by atoms with van der Waals surface area (Å²) in [6.45, 7) is 0.471. The molecule has 0 saturated heterocycles. The minimum absolute atomic E-state index is 0.471. The van der Waals surface area contributed by atoms with E-state index in [9.17, 15) is 0 Å². The van der Waals surface area contributed by atoms with Gasteiger partial charge in [0.15, 0.2) is 0 Å². The first-order valence-electron chi connectivity index (χ1n) is 7.35. The number of hydrogen-bond acceptors (Lipinski definition) is 2. The Kier molecular flexibility index (Phi) is 3.20. The van der Waals surface area contributed by atoms with Gasteiger partial charge in [0, 0.05) is 10.8 Å². The van der Waals surface area contributed by atoms with Gasteiger partial charge in [-0.15, -0.1) is 0 Å². The highest BCUT2D eigenvalue weighted by Crippen LogP contribution is 2.26. The molecule has 0 atom stereocenters. The van der Waals surface area contributed by atoms with Crippen LogP contribution in [0.25, 0.3) is 21.7 Å². The van der Waals surface area contributed by atoms with E-state index >= 15 is 0 Å². The van der Waals surface area contributed by atoms with Crippen LogP contribution in [0.1, 0.15) is 5.69 Å². The molecule has 0 unspecified atom stereocenters. The molecule has 0 radical (unpaired) electrons. The van der Waals surface area contributed by atoms with Gasteiger partial charge in [-0.2, -0.15) is 0 Å². The summed E-state index contributed by atoms with van der Waals surface area (Å²) < 4.78 is 5.99. The number of benzene rings is 3. The van der Waals surface area contributed by atoms with Crippen LogP contribution in [0.4, 0.5) is 0 Å². The zero-order chi connectivity index (χ0) is 14.8. The summed E-state index contributed by atoms with van der Waals surface area (Å²) in [6, 6.07) is 26.6. The molecule has 0 aliphatic rings. The van der Waals surface area contributed by atoms with Crippen LogP contribution >= 0.6 is 0 Å². The van der Waals surface area contributed by atoms with Gasteiger partial charge < -0.3 is 4.74 Å². The van der Waals surface area contributed by atoms with Crippen LogP contribution in [0.15, 0.2) is 78.9 Å². The van der Waals surface area contributed by atoms with E-state index in [0.717, 1.165) is 27.7 Å². The van der Waals surface area contributed by atoms with Crippen molar-refractivity contribution in [3.63, 3.8) is 0 Å². The lowest BCUT2D eigenvalue weighted by Gasteiger charge is -2.09. The summed E-state index contributed by atoms with van der Waals surface area (Å²) in [5.41, 5.74) is 1.94. The first-order chi connectivity index (χ1) is 10.9. The Hall–Kier alpha value is -2.87. The van der Waals surface area contributed by atoms with Crippen molar-refractivity contribution in [1.82, 2.24) is 4.98 Å². The Bertz CT molecular complexity index is 941. The van der Waals surface area contributed by atoms with Crippen LogP contribution in [-0.2, 0) is 6.61 Å². The predicted molar refractivity (Wildman–Crippen MR) is 90.0 cm³/mol. The van der Waals surface area contributed by atoms with Crippen molar-refractivity contribution in [2.24, 2.45) is 0 Å². The third-order valence-electron chi connectivity index (χ3n) is 3.78. The molecule has 3 aromatic carbocycles. The van der Waals surface area contributed by atoms with E-state index in [4.69, 9.17) is 4.74 Å². The number of rotatable bonds is 3. The Morgan fingerprint density at radius 2 is 1.45 bits per heavy atom. The summed E-state index contributed by atoms with van der Waals surface area (Å²) in [5.74, 6) is 0.896. The van der Waals surface area contributed by atoms with Gasteiger partial charge in [-0.1, -0.05) is 60.7 Å². The van der Waals surface area contributed by atoms with E-state index < -0.39 is 0 Å². The van der Waals surface area contributed by atoms with Crippen LogP contribution in [-0.4, -0.2) is 4.98 Å². The molecule has 0 saturated carbocycles. The lowest BCUT2D eigenvalue weighted by atomic mass is 10.1. The zero-order valence-corrected chi connectivity index (χ0v) is 12.1. The average molecular weight is 285 g/mol. The van der Waals surface area contributed by atoms with E-state index in [2.05, 4.69) is 35.3 Å². The molecule has 4 rings (SSSR count). The molecule has 106 valence electrons. The second-order valence-corrected chi connectivity index (χ2v) is 5.26. The molecule has 0 amide bonds. The summed E-state index contributed by atoms with van der Waals surface area (Å²) in [4.78, 5) is 4.65. The predicted octanol–water partition coefficient (Wildman–Crippen LogP) is 4.97. The number of nitrogens with zero attached hydrogens (tertiary/aromatic N) is 1. The van der Waals surface area contributed by atoms with Gasteiger partial charge in [0.25, 0.3) is 0 Å². The highest BCUT2D eigenvalue weighted by atomic mass is 16.5. The molecule has 0 spiro atoms. The maximum Gasteiger partial charge on any atom is 0.130 e. The SMILES string of the molecule is c1ccc2nc(COc3cccc4ccccc34)ccc2c1. The molecule has 0 bridgehead atoms. The highest BCUT2D eigenvalue weighted by Gasteiger charge is 2.03. The number of ether oxygens (including phenoxy) is 1. The van der Waals surface area contributed by atoms with Crippen LogP contribution in [0, 0.1) is 0 Å². The van der Waals surface area contributed by atoms with E-state index in [-0.39, 0.29) is 0 Å². The molecular formula is C20H15NO. The van der Waals surface area contributed by atoms with E-state index in [0.29, 0.717) is 6.61 Å². The maximum absolute atomic E-state index is 5.99. The van der Waals surface area contributed by atoms with Crippen LogP contribution < -0.4 is 4.74 Å². The van der Waals surface area contributed by atoms with Crippen molar-refractivity contribution in [3.05, 3.63) is 84.6 Å². The Morgan fingerprint density at radius 1 is 0.682 bits per heavy atom. The van der Waals surface area contributed by atoms with Gasteiger partial charge in [-0.3, -0.25) is 0 Å². The number of para-hydroxylation sites is 1. The molecule has 0 N–H and O–H groups in total. The van der Waals surface area contributed by atoms with Gasteiger partial charge >= 0.3 is 0 Å². The number of hydrogen-bond donors (Lipinski definition) is 0. The highest BCUT2D eigenvalue weighted by molar-refractivity contribution is 5.88.